The molecule has 1 heterocycles. The number of aliphatic imine (C=N–C) groups is 1. The van der Waals surface area contributed by atoms with Crippen LogP contribution in [0.2, 0.25) is 0 Å². The summed E-state index contributed by atoms with van der Waals surface area (Å²) in [5.41, 5.74) is 0. The van der Waals surface area contributed by atoms with E-state index in [2.05, 4.69) is 22.5 Å². The van der Waals surface area contributed by atoms with E-state index in [0.717, 1.165) is 19.0 Å². The molecular formula is C13H27IN4OS. The first-order valence-electron chi connectivity index (χ1n) is 6.83. The van der Waals surface area contributed by atoms with Gasteiger partial charge in [-0.2, -0.15) is 11.8 Å². The highest BCUT2D eigenvalue weighted by molar-refractivity contribution is 14.0. The maximum absolute atomic E-state index is 11.5. The van der Waals surface area contributed by atoms with Crippen LogP contribution in [0.1, 0.15) is 26.7 Å². The second kappa shape index (κ2) is 9.70. The molecule has 1 amide bonds. The fraction of sp³-hybridized carbons (Fsp3) is 0.846. The van der Waals surface area contributed by atoms with Crippen molar-refractivity contribution < 1.29 is 4.79 Å². The van der Waals surface area contributed by atoms with Crippen molar-refractivity contribution in [2.75, 3.05) is 39.5 Å². The molecule has 1 unspecified atom stereocenters. The molecule has 1 aliphatic heterocycles. The molecular weight excluding hydrogens is 387 g/mol. The monoisotopic (exact) mass is 414 g/mol. The SMILES string of the molecule is CCNC(=NCC(=O)N(C)C)NCC1(C)CCCS1.I. The summed E-state index contributed by atoms with van der Waals surface area (Å²) in [5, 5.41) is 6.52. The molecule has 2 N–H and O–H groups in total. The van der Waals surface area contributed by atoms with Crippen molar-refractivity contribution in [2.45, 2.75) is 31.4 Å². The summed E-state index contributed by atoms with van der Waals surface area (Å²) < 4.78 is 0.293. The molecule has 0 aromatic rings. The largest absolute Gasteiger partial charge is 0.357 e. The summed E-state index contributed by atoms with van der Waals surface area (Å²) in [6.07, 6.45) is 2.52. The number of hydrogen-bond acceptors (Lipinski definition) is 3. The van der Waals surface area contributed by atoms with E-state index in [1.807, 2.05) is 18.7 Å². The Labute approximate surface area is 143 Å². The van der Waals surface area contributed by atoms with E-state index in [-0.39, 0.29) is 36.4 Å². The minimum Gasteiger partial charge on any atom is -0.357 e. The normalized spacial score (nSPS) is 22.1. The van der Waals surface area contributed by atoms with E-state index in [4.69, 9.17) is 0 Å². The third kappa shape index (κ3) is 7.01. The maximum atomic E-state index is 11.5. The molecule has 0 saturated carbocycles. The lowest BCUT2D eigenvalue weighted by Gasteiger charge is -2.24. The number of hydrogen-bond donors (Lipinski definition) is 2. The van der Waals surface area contributed by atoms with Crippen LogP contribution < -0.4 is 10.6 Å². The van der Waals surface area contributed by atoms with Gasteiger partial charge in [0.05, 0.1) is 0 Å². The fourth-order valence-corrected chi connectivity index (χ4v) is 3.12. The van der Waals surface area contributed by atoms with Gasteiger partial charge in [0.1, 0.15) is 6.54 Å². The summed E-state index contributed by atoms with van der Waals surface area (Å²) in [6, 6.07) is 0. The Morgan fingerprint density at radius 3 is 2.60 bits per heavy atom. The van der Waals surface area contributed by atoms with E-state index in [1.54, 1.807) is 19.0 Å². The zero-order chi connectivity index (χ0) is 14.3. The van der Waals surface area contributed by atoms with Gasteiger partial charge >= 0.3 is 0 Å². The Kier molecular flexibility index (Phi) is 9.61. The Morgan fingerprint density at radius 2 is 2.10 bits per heavy atom. The van der Waals surface area contributed by atoms with E-state index in [0.29, 0.717) is 4.75 Å². The van der Waals surface area contributed by atoms with Gasteiger partial charge in [-0.3, -0.25) is 4.79 Å². The van der Waals surface area contributed by atoms with E-state index in [1.165, 1.54) is 18.6 Å². The summed E-state index contributed by atoms with van der Waals surface area (Å²) in [4.78, 5) is 17.4. The highest BCUT2D eigenvalue weighted by Crippen LogP contribution is 2.36. The molecule has 1 rings (SSSR count). The molecule has 7 heteroatoms. The van der Waals surface area contributed by atoms with Crippen molar-refractivity contribution in [3.63, 3.8) is 0 Å². The molecule has 0 aliphatic carbocycles. The lowest BCUT2D eigenvalue weighted by atomic mass is 10.1. The van der Waals surface area contributed by atoms with E-state index >= 15 is 0 Å². The number of amides is 1. The molecule has 20 heavy (non-hydrogen) atoms. The zero-order valence-corrected chi connectivity index (χ0v) is 16.0. The number of nitrogens with zero attached hydrogens (tertiary/aromatic N) is 2. The van der Waals surface area contributed by atoms with Crippen molar-refractivity contribution >= 4 is 47.6 Å². The standard InChI is InChI=1S/C13H26N4OS.HI/c1-5-14-12(15-9-11(18)17(3)4)16-10-13(2)7-6-8-19-13;/h5-10H2,1-4H3,(H2,14,15,16);1H. The lowest BCUT2D eigenvalue weighted by molar-refractivity contribution is -0.127. The number of carbonyl (C=O) groups excluding carboxylic acids is 1. The van der Waals surface area contributed by atoms with Gasteiger partial charge in [-0.25, -0.2) is 4.99 Å². The fourth-order valence-electron chi connectivity index (χ4n) is 1.88. The molecule has 0 bridgehead atoms. The van der Waals surface area contributed by atoms with Crippen LogP contribution in [0, 0.1) is 0 Å². The number of likely N-dealkylation sites (N-methyl/N-ethyl adjacent to an activating group) is 1. The van der Waals surface area contributed by atoms with Crippen LogP contribution in [-0.2, 0) is 4.79 Å². The van der Waals surface area contributed by atoms with Crippen molar-refractivity contribution in [3.8, 4) is 0 Å². The molecule has 1 atom stereocenters. The highest BCUT2D eigenvalue weighted by atomic mass is 127. The van der Waals surface area contributed by atoms with Gasteiger partial charge in [0.2, 0.25) is 5.91 Å². The quantitative estimate of drug-likeness (QED) is 0.407. The van der Waals surface area contributed by atoms with Gasteiger partial charge in [-0.15, -0.1) is 24.0 Å². The Morgan fingerprint density at radius 1 is 1.40 bits per heavy atom. The smallest absolute Gasteiger partial charge is 0.243 e. The molecule has 1 saturated heterocycles. The first-order chi connectivity index (χ1) is 8.97. The van der Waals surface area contributed by atoms with Gasteiger partial charge in [0, 0.05) is 31.9 Å². The number of guanidine groups is 1. The molecule has 0 spiro atoms. The highest BCUT2D eigenvalue weighted by Gasteiger charge is 2.29. The number of rotatable bonds is 5. The number of nitrogens with one attached hydrogen (secondary N) is 2. The average molecular weight is 414 g/mol. The lowest BCUT2D eigenvalue weighted by Crippen LogP contribution is -2.44. The van der Waals surface area contributed by atoms with Crippen molar-refractivity contribution in [1.29, 1.82) is 0 Å². The van der Waals surface area contributed by atoms with E-state index < -0.39 is 0 Å². The molecule has 0 aromatic heterocycles. The van der Waals surface area contributed by atoms with Crippen LogP contribution in [0.25, 0.3) is 0 Å². The Bertz CT molecular complexity index is 330. The summed E-state index contributed by atoms with van der Waals surface area (Å²) >= 11 is 2.01. The van der Waals surface area contributed by atoms with Crippen molar-refractivity contribution in [3.05, 3.63) is 0 Å². The first kappa shape index (κ1) is 19.8. The van der Waals surface area contributed by atoms with Gasteiger partial charge in [-0.1, -0.05) is 0 Å². The summed E-state index contributed by atoms with van der Waals surface area (Å²) in [7, 11) is 3.49. The van der Waals surface area contributed by atoms with E-state index in [9.17, 15) is 4.79 Å². The molecule has 0 radical (unpaired) electrons. The zero-order valence-electron chi connectivity index (χ0n) is 12.9. The number of thioether (sulfide) groups is 1. The minimum absolute atomic E-state index is 0. The number of carbonyl (C=O) groups is 1. The number of halogens is 1. The first-order valence-corrected chi connectivity index (χ1v) is 7.82. The summed E-state index contributed by atoms with van der Waals surface area (Å²) in [6.45, 7) is 6.18. The van der Waals surface area contributed by atoms with Gasteiger partial charge in [0.25, 0.3) is 0 Å². The third-order valence-electron chi connectivity index (χ3n) is 3.15. The third-order valence-corrected chi connectivity index (χ3v) is 4.68. The van der Waals surface area contributed by atoms with Gasteiger partial charge < -0.3 is 15.5 Å². The molecule has 1 fully saturated rings. The van der Waals surface area contributed by atoms with Gasteiger partial charge in [0.15, 0.2) is 5.96 Å². The average Bonchev–Trinajstić information content (AvgIpc) is 2.79. The topological polar surface area (TPSA) is 56.7 Å². The minimum atomic E-state index is 0. The molecule has 118 valence electrons. The Hall–Kier alpha value is -0.180. The predicted octanol–water partition coefficient (Wildman–Crippen LogP) is 1.53. The molecule has 1 aliphatic rings. The van der Waals surface area contributed by atoms with Crippen LogP contribution in [0.15, 0.2) is 4.99 Å². The van der Waals surface area contributed by atoms with Crippen LogP contribution in [0.3, 0.4) is 0 Å². The molecule has 5 nitrogen and oxygen atoms in total. The molecule has 0 aromatic carbocycles. The van der Waals surface area contributed by atoms with Crippen LogP contribution in [-0.4, -0.2) is 61.0 Å². The van der Waals surface area contributed by atoms with Gasteiger partial charge in [-0.05, 0) is 32.4 Å². The van der Waals surface area contributed by atoms with Crippen LogP contribution >= 0.6 is 35.7 Å². The maximum Gasteiger partial charge on any atom is 0.243 e. The summed E-state index contributed by atoms with van der Waals surface area (Å²) in [5.74, 6) is 1.98. The van der Waals surface area contributed by atoms with Crippen molar-refractivity contribution in [2.24, 2.45) is 4.99 Å². The Balaban J connectivity index is 0.00000361. The second-order valence-corrected chi connectivity index (χ2v) is 6.92. The van der Waals surface area contributed by atoms with Crippen LogP contribution in [0.4, 0.5) is 0 Å². The van der Waals surface area contributed by atoms with Crippen molar-refractivity contribution in [1.82, 2.24) is 15.5 Å². The predicted molar refractivity (Wildman–Crippen MR) is 98.2 cm³/mol. The van der Waals surface area contributed by atoms with Crippen LogP contribution in [0.5, 0.6) is 0 Å². The second-order valence-electron chi connectivity index (χ2n) is 5.24.